The molecule has 0 radical (unpaired) electrons. The van der Waals surface area contributed by atoms with Gasteiger partial charge in [0.25, 0.3) is 0 Å². The Kier molecular flexibility index (Phi) is 11.0. The lowest BCUT2D eigenvalue weighted by Gasteiger charge is -2.16. The van der Waals surface area contributed by atoms with Crippen molar-refractivity contribution in [3.63, 3.8) is 0 Å². The predicted octanol–water partition coefficient (Wildman–Crippen LogP) is 8.80. The molecular formula is C30H18Cl6O6. The summed E-state index contributed by atoms with van der Waals surface area (Å²) in [5, 5.41) is 1.91. The fraction of sp³-hybridized carbons (Fsp3) is 0.100. The Morgan fingerprint density at radius 3 is 0.952 bits per heavy atom. The second-order valence-corrected chi connectivity index (χ2v) is 11.3. The van der Waals surface area contributed by atoms with Gasteiger partial charge >= 0.3 is 17.9 Å². The van der Waals surface area contributed by atoms with Gasteiger partial charge in [-0.2, -0.15) is 0 Å². The second-order valence-electron chi connectivity index (χ2n) is 8.73. The lowest BCUT2D eigenvalue weighted by atomic mass is 10.1. The number of cyclic esters (lactones) is 3. The number of hydrogen-bond acceptors (Lipinski definition) is 6. The van der Waals surface area contributed by atoms with Crippen LogP contribution >= 0.6 is 69.6 Å². The van der Waals surface area contributed by atoms with Crippen LogP contribution in [-0.2, 0) is 28.6 Å². The van der Waals surface area contributed by atoms with Gasteiger partial charge in [-0.05, 0) is 71.3 Å². The van der Waals surface area contributed by atoms with Gasteiger partial charge < -0.3 is 14.2 Å². The molecule has 3 aromatic rings. The molecule has 4 rings (SSSR count). The Morgan fingerprint density at radius 1 is 0.452 bits per heavy atom. The van der Waals surface area contributed by atoms with Crippen molar-refractivity contribution in [3.05, 3.63) is 118 Å². The van der Waals surface area contributed by atoms with Crippen LogP contribution in [0.5, 0.6) is 0 Å². The van der Waals surface area contributed by atoms with Gasteiger partial charge in [0.15, 0.2) is 0 Å². The smallest absolute Gasteiger partial charge is 0.337 e. The number of carbonyl (C=O) groups is 3. The first-order valence-corrected chi connectivity index (χ1v) is 14.2. The van der Waals surface area contributed by atoms with Gasteiger partial charge in [0.05, 0.1) is 16.7 Å². The highest BCUT2D eigenvalue weighted by atomic mass is 35.5. The zero-order valence-corrected chi connectivity index (χ0v) is 25.8. The van der Waals surface area contributed by atoms with Gasteiger partial charge in [-0.1, -0.05) is 87.8 Å². The molecule has 0 aromatic heterocycles. The summed E-state index contributed by atoms with van der Waals surface area (Å²) in [7, 11) is 0. The molecule has 12 heteroatoms. The molecule has 0 bridgehead atoms. The number of ether oxygens (including phenoxy) is 3. The maximum atomic E-state index is 13.2. The first-order valence-electron chi connectivity index (χ1n) is 12.0. The summed E-state index contributed by atoms with van der Waals surface area (Å²) < 4.78 is 16.2. The van der Waals surface area contributed by atoms with E-state index in [4.69, 9.17) is 83.8 Å². The van der Waals surface area contributed by atoms with Crippen LogP contribution in [0.4, 0.5) is 0 Å². The number of rotatable bonds is 3. The normalized spacial score (nSPS) is 17.9. The van der Waals surface area contributed by atoms with Crippen molar-refractivity contribution in [2.45, 2.75) is 0 Å². The fourth-order valence-electron chi connectivity index (χ4n) is 3.61. The maximum absolute atomic E-state index is 13.2. The summed E-state index contributed by atoms with van der Waals surface area (Å²) in [6, 6.07) is 14.0. The van der Waals surface area contributed by atoms with Crippen molar-refractivity contribution >= 4 is 106 Å². The Bertz CT molecular complexity index is 1470. The van der Waals surface area contributed by atoms with Crippen molar-refractivity contribution in [2.24, 2.45) is 0 Å². The summed E-state index contributed by atoms with van der Waals surface area (Å²) in [4.78, 5) is 39.5. The maximum Gasteiger partial charge on any atom is 0.337 e. The molecule has 1 aliphatic rings. The van der Waals surface area contributed by atoms with Crippen LogP contribution in [0.25, 0.3) is 18.2 Å². The topological polar surface area (TPSA) is 78.9 Å². The molecule has 1 fully saturated rings. The van der Waals surface area contributed by atoms with Crippen molar-refractivity contribution in [3.8, 4) is 0 Å². The number of halogens is 6. The lowest BCUT2D eigenvalue weighted by Crippen LogP contribution is -2.24. The fourth-order valence-corrected chi connectivity index (χ4v) is 4.99. The molecule has 0 spiro atoms. The van der Waals surface area contributed by atoms with E-state index in [1.807, 2.05) is 0 Å². The Morgan fingerprint density at radius 2 is 0.714 bits per heavy atom. The standard InChI is InChI=1S/C30H18Cl6O6/c31-22-4-1-16(25(34)10-22)7-19-13-40-29(38)21(9-18-3-6-24(33)12-27(18)36)15-42-30(39)20(14-41-28(19)37)8-17-2-5-23(32)11-26(17)35/h1-12H,13-15H2/b19-7+,20-8+,21-9+. The molecule has 0 N–H and O–H groups in total. The van der Waals surface area contributed by atoms with Gasteiger partial charge in [-0.3, -0.25) is 0 Å². The summed E-state index contributed by atoms with van der Waals surface area (Å²) in [5.41, 5.74) is 1.08. The van der Waals surface area contributed by atoms with Crippen LogP contribution in [-0.4, -0.2) is 37.7 Å². The van der Waals surface area contributed by atoms with E-state index in [-0.39, 0.29) is 31.8 Å². The third-order valence-corrected chi connectivity index (χ3v) is 7.43. The van der Waals surface area contributed by atoms with Gasteiger partial charge in [0, 0.05) is 30.1 Å². The molecule has 0 amide bonds. The summed E-state index contributed by atoms with van der Waals surface area (Å²) in [6.07, 6.45) is 4.20. The number of esters is 3. The zero-order chi connectivity index (χ0) is 30.4. The van der Waals surface area contributed by atoms with Gasteiger partial charge in [0.2, 0.25) is 0 Å². The zero-order valence-electron chi connectivity index (χ0n) is 21.3. The lowest BCUT2D eigenvalue weighted by molar-refractivity contribution is -0.145. The molecule has 0 aliphatic carbocycles. The van der Waals surface area contributed by atoms with E-state index in [0.717, 1.165) is 0 Å². The van der Waals surface area contributed by atoms with E-state index in [9.17, 15) is 14.4 Å². The Hall–Kier alpha value is -2.97. The molecular weight excluding hydrogens is 669 g/mol. The van der Waals surface area contributed by atoms with E-state index in [1.165, 1.54) is 36.4 Å². The van der Waals surface area contributed by atoms with Crippen LogP contribution < -0.4 is 0 Å². The summed E-state index contributed by atoms with van der Waals surface area (Å²) in [6.45, 7) is -1.46. The van der Waals surface area contributed by atoms with Crippen LogP contribution in [0, 0.1) is 0 Å². The van der Waals surface area contributed by atoms with E-state index < -0.39 is 37.7 Å². The highest BCUT2D eigenvalue weighted by molar-refractivity contribution is 6.36. The van der Waals surface area contributed by atoms with Crippen LogP contribution in [0.3, 0.4) is 0 Å². The molecule has 0 saturated carbocycles. The molecule has 1 heterocycles. The van der Waals surface area contributed by atoms with Crippen molar-refractivity contribution in [1.29, 1.82) is 0 Å². The van der Waals surface area contributed by atoms with Crippen molar-refractivity contribution in [2.75, 3.05) is 19.8 Å². The monoisotopic (exact) mass is 684 g/mol. The third kappa shape index (κ3) is 8.54. The highest BCUT2D eigenvalue weighted by Gasteiger charge is 2.23. The van der Waals surface area contributed by atoms with E-state index >= 15 is 0 Å². The van der Waals surface area contributed by atoms with Gasteiger partial charge in [-0.25, -0.2) is 14.4 Å². The van der Waals surface area contributed by atoms with E-state index in [2.05, 4.69) is 0 Å². The minimum atomic E-state index is -0.874. The molecule has 0 unspecified atom stereocenters. The predicted molar refractivity (Wildman–Crippen MR) is 166 cm³/mol. The first-order chi connectivity index (χ1) is 20.0. The minimum absolute atomic E-state index is 0.0609. The quantitative estimate of drug-likeness (QED) is 0.156. The average Bonchev–Trinajstić information content (AvgIpc) is 2.93. The van der Waals surface area contributed by atoms with Crippen molar-refractivity contribution in [1.82, 2.24) is 0 Å². The third-order valence-electron chi connectivity index (χ3n) is 5.74. The molecule has 0 atom stereocenters. The molecule has 42 heavy (non-hydrogen) atoms. The van der Waals surface area contributed by atoms with Crippen molar-refractivity contribution < 1.29 is 28.6 Å². The largest absolute Gasteiger partial charge is 0.457 e. The van der Waals surface area contributed by atoms with Crippen LogP contribution in [0.15, 0.2) is 71.3 Å². The summed E-state index contributed by atoms with van der Waals surface area (Å²) >= 11 is 36.8. The number of hydrogen-bond donors (Lipinski definition) is 0. The van der Waals surface area contributed by atoms with E-state index in [0.29, 0.717) is 31.8 Å². The Balaban J connectivity index is 1.76. The number of carbonyl (C=O) groups excluding carboxylic acids is 3. The first kappa shape index (κ1) is 32.0. The van der Waals surface area contributed by atoms with E-state index in [1.54, 1.807) is 36.4 Å². The Labute approximate surface area is 270 Å². The minimum Gasteiger partial charge on any atom is -0.457 e. The average molecular weight is 687 g/mol. The number of benzene rings is 3. The van der Waals surface area contributed by atoms with Crippen LogP contribution in [0.2, 0.25) is 30.1 Å². The summed E-state index contributed by atoms with van der Waals surface area (Å²) in [5.74, 6) is -2.62. The van der Waals surface area contributed by atoms with Crippen LogP contribution in [0.1, 0.15) is 16.7 Å². The molecule has 216 valence electrons. The van der Waals surface area contributed by atoms with Gasteiger partial charge in [0.1, 0.15) is 19.8 Å². The molecule has 1 aliphatic heterocycles. The second kappa shape index (κ2) is 14.5. The molecule has 6 nitrogen and oxygen atoms in total. The SMILES string of the molecule is O=C1OC/C(=C\c2ccc(Cl)cc2Cl)C(=O)OC/C(=C\c2ccc(Cl)cc2Cl)C(=O)OC/C1=C\c1ccc(Cl)cc1Cl. The molecule has 3 aromatic carbocycles. The van der Waals surface area contributed by atoms with Gasteiger partial charge in [-0.15, -0.1) is 0 Å². The molecule has 1 saturated heterocycles. The highest BCUT2D eigenvalue weighted by Crippen LogP contribution is 2.27.